The van der Waals surface area contributed by atoms with Gasteiger partial charge < -0.3 is 14.6 Å². The fourth-order valence-electron chi connectivity index (χ4n) is 2.98. The van der Waals surface area contributed by atoms with Crippen molar-refractivity contribution in [1.82, 2.24) is 0 Å². The minimum Gasteiger partial charge on any atom is -0.486 e. The number of ether oxygens (including phenoxy) is 2. The van der Waals surface area contributed by atoms with Crippen LogP contribution in [0.5, 0.6) is 0 Å². The maximum atomic E-state index is 11.5. The van der Waals surface area contributed by atoms with Gasteiger partial charge in [-0.25, -0.2) is 4.79 Å². The molecule has 0 amide bonds. The summed E-state index contributed by atoms with van der Waals surface area (Å²) >= 11 is 5.93. The first-order valence-corrected chi connectivity index (χ1v) is 10.6. The molecule has 0 radical (unpaired) electrons. The van der Waals surface area contributed by atoms with Crippen LogP contribution in [0.3, 0.4) is 0 Å². The summed E-state index contributed by atoms with van der Waals surface area (Å²) in [6, 6.07) is 15.6. The molecule has 0 aliphatic rings. The van der Waals surface area contributed by atoms with Crippen LogP contribution in [0.4, 0.5) is 0 Å². The lowest BCUT2D eigenvalue weighted by Gasteiger charge is -2.12. The number of hydrogen-bond acceptors (Lipinski definition) is 4. The van der Waals surface area contributed by atoms with E-state index in [-0.39, 0.29) is 12.4 Å². The average molecular weight is 455 g/mol. The van der Waals surface area contributed by atoms with Gasteiger partial charge in [-0.1, -0.05) is 66.2 Å². The predicted molar refractivity (Wildman–Crippen MR) is 126 cm³/mol. The first-order valence-electron chi connectivity index (χ1n) is 10.2. The molecule has 0 aromatic heterocycles. The number of hydrogen-bond donors (Lipinski definition) is 1. The standard InChI is InChI=1S/C26H27ClO5/c1-3-5-20(18-25(28)31-2)6-4-17-32-24(26(29)30)16-9-19-7-10-21(11-8-19)22-12-14-23(27)15-13-22/h3-8,10-15,17,24H,9,16,18H2,1-2H3,(H,29,30)/b5-3-,17-4+,20-6+. The van der Waals surface area contributed by atoms with Gasteiger partial charge in [0, 0.05) is 5.02 Å². The number of carbonyl (C=O) groups excluding carboxylic acids is 1. The second-order valence-electron chi connectivity index (χ2n) is 7.03. The molecule has 2 aromatic rings. The van der Waals surface area contributed by atoms with Gasteiger partial charge in [0.2, 0.25) is 0 Å². The van der Waals surface area contributed by atoms with Crippen LogP contribution in [0, 0.1) is 0 Å². The molecule has 1 atom stereocenters. The zero-order valence-electron chi connectivity index (χ0n) is 18.2. The number of aryl methyl sites for hydroxylation is 1. The van der Waals surface area contributed by atoms with Gasteiger partial charge in [0.15, 0.2) is 6.10 Å². The molecule has 0 spiro atoms. The molecule has 0 saturated heterocycles. The molecule has 0 aliphatic carbocycles. The Bertz CT molecular complexity index is 972. The lowest BCUT2D eigenvalue weighted by atomic mass is 10.0. The van der Waals surface area contributed by atoms with Gasteiger partial charge in [0.1, 0.15) is 0 Å². The number of esters is 1. The van der Waals surface area contributed by atoms with Crippen LogP contribution < -0.4 is 0 Å². The molecule has 2 rings (SSSR count). The summed E-state index contributed by atoms with van der Waals surface area (Å²) in [5.74, 6) is -1.38. The number of aliphatic carboxylic acids is 1. The molecule has 0 fully saturated rings. The van der Waals surface area contributed by atoms with E-state index < -0.39 is 12.1 Å². The first-order chi connectivity index (χ1) is 15.4. The van der Waals surface area contributed by atoms with Crippen LogP contribution >= 0.6 is 11.6 Å². The van der Waals surface area contributed by atoms with Crippen LogP contribution in [-0.4, -0.2) is 30.3 Å². The van der Waals surface area contributed by atoms with Crippen molar-refractivity contribution in [3.8, 4) is 11.1 Å². The number of carboxylic acids is 1. The van der Waals surface area contributed by atoms with Gasteiger partial charge in [-0.3, -0.25) is 4.79 Å². The van der Waals surface area contributed by atoms with Crippen LogP contribution in [0.2, 0.25) is 5.02 Å². The van der Waals surface area contributed by atoms with E-state index in [1.165, 1.54) is 13.4 Å². The molecule has 0 heterocycles. The number of benzene rings is 2. The van der Waals surface area contributed by atoms with Gasteiger partial charge in [0.05, 0.1) is 19.8 Å². The minimum absolute atomic E-state index is 0.125. The smallest absolute Gasteiger partial charge is 0.344 e. The van der Waals surface area contributed by atoms with Crippen LogP contribution in [0.25, 0.3) is 11.1 Å². The Morgan fingerprint density at radius 2 is 1.69 bits per heavy atom. The maximum Gasteiger partial charge on any atom is 0.344 e. The van der Waals surface area contributed by atoms with E-state index in [9.17, 15) is 14.7 Å². The Balaban J connectivity index is 1.93. The highest BCUT2D eigenvalue weighted by molar-refractivity contribution is 6.30. The first kappa shape index (κ1) is 25.0. The predicted octanol–water partition coefficient (Wildman–Crippen LogP) is 5.99. The summed E-state index contributed by atoms with van der Waals surface area (Å²) in [6.45, 7) is 1.84. The SMILES string of the molecule is C\C=C/C(=C\C=C\OC(CCc1ccc(-c2ccc(Cl)cc2)cc1)C(=O)O)CC(=O)OC. The topological polar surface area (TPSA) is 72.8 Å². The van der Waals surface area contributed by atoms with Gasteiger partial charge in [-0.2, -0.15) is 0 Å². The van der Waals surface area contributed by atoms with Gasteiger partial charge in [-0.05, 0) is 60.2 Å². The fourth-order valence-corrected chi connectivity index (χ4v) is 3.11. The number of rotatable bonds is 11. The van der Waals surface area contributed by atoms with E-state index in [4.69, 9.17) is 16.3 Å². The van der Waals surface area contributed by atoms with Crippen molar-refractivity contribution < 1.29 is 24.2 Å². The Morgan fingerprint density at radius 3 is 2.25 bits per heavy atom. The van der Waals surface area contributed by atoms with E-state index in [0.29, 0.717) is 17.9 Å². The Hall–Kier alpha value is -3.31. The number of carboxylic acid groups (broad SMARTS) is 1. The third-order valence-corrected chi connectivity index (χ3v) is 4.94. The lowest BCUT2D eigenvalue weighted by molar-refractivity contribution is -0.147. The Labute approximate surface area is 193 Å². The Kier molecular flexibility index (Phi) is 10.3. The molecule has 0 bridgehead atoms. The molecular weight excluding hydrogens is 428 g/mol. The van der Waals surface area contributed by atoms with Crippen molar-refractivity contribution in [2.45, 2.75) is 32.3 Å². The quantitative estimate of drug-likeness (QED) is 0.256. The van der Waals surface area contributed by atoms with Crippen LogP contribution in [0.15, 0.2) is 84.7 Å². The highest BCUT2D eigenvalue weighted by Crippen LogP contribution is 2.22. The van der Waals surface area contributed by atoms with Crippen LogP contribution in [0.1, 0.15) is 25.3 Å². The van der Waals surface area contributed by atoms with Crippen LogP contribution in [-0.2, 0) is 25.5 Å². The van der Waals surface area contributed by atoms with Gasteiger partial charge in [-0.15, -0.1) is 0 Å². The zero-order chi connectivity index (χ0) is 23.3. The van der Waals surface area contributed by atoms with Crippen molar-refractivity contribution in [2.75, 3.05) is 7.11 Å². The summed E-state index contributed by atoms with van der Waals surface area (Å²) in [7, 11) is 1.33. The molecule has 168 valence electrons. The molecule has 6 heteroatoms. The van der Waals surface area contributed by atoms with Gasteiger partial charge >= 0.3 is 11.9 Å². The summed E-state index contributed by atoms with van der Waals surface area (Å²) < 4.78 is 10.1. The summed E-state index contributed by atoms with van der Waals surface area (Å²) in [5, 5.41) is 10.1. The van der Waals surface area contributed by atoms with Crippen molar-refractivity contribution in [2.24, 2.45) is 0 Å². The largest absolute Gasteiger partial charge is 0.486 e. The highest BCUT2D eigenvalue weighted by Gasteiger charge is 2.17. The van der Waals surface area contributed by atoms with Crippen molar-refractivity contribution >= 4 is 23.5 Å². The molecule has 1 N–H and O–H groups in total. The third kappa shape index (κ3) is 8.44. The summed E-state index contributed by atoms with van der Waals surface area (Å²) in [5.41, 5.74) is 3.88. The third-order valence-electron chi connectivity index (χ3n) is 4.69. The Morgan fingerprint density at radius 1 is 1.06 bits per heavy atom. The molecule has 1 unspecified atom stereocenters. The molecule has 0 aliphatic heterocycles. The van der Waals surface area contributed by atoms with Gasteiger partial charge in [0.25, 0.3) is 0 Å². The molecule has 32 heavy (non-hydrogen) atoms. The average Bonchev–Trinajstić information content (AvgIpc) is 2.79. The number of halogens is 1. The van der Waals surface area contributed by atoms with E-state index in [2.05, 4.69) is 4.74 Å². The monoisotopic (exact) mass is 454 g/mol. The number of methoxy groups -OCH3 is 1. The molecule has 0 saturated carbocycles. The second kappa shape index (κ2) is 13.2. The van der Waals surface area contributed by atoms with Crippen molar-refractivity contribution in [1.29, 1.82) is 0 Å². The molecule has 2 aromatic carbocycles. The maximum absolute atomic E-state index is 11.5. The summed E-state index contributed by atoms with van der Waals surface area (Å²) in [6.07, 6.45) is 8.23. The van der Waals surface area contributed by atoms with E-state index in [1.807, 2.05) is 61.5 Å². The minimum atomic E-state index is -1.03. The van der Waals surface area contributed by atoms with E-state index in [0.717, 1.165) is 22.3 Å². The van der Waals surface area contributed by atoms with E-state index in [1.54, 1.807) is 18.2 Å². The molecular formula is C26H27ClO5. The zero-order valence-corrected chi connectivity index (χ0v) is 18.9. The second-order valence-corrected chi connectivity index (χ2v) is 7.46. The highest BCUT2D eigenvalue weighted by atomic mass is 35.5. The van der Waals surface area contributed by atoms with Crippen molar-refractivity contribution in [3.05, 3.63) is 95.3 Å². The molecule has 5 nitrogen and oxygen atoms in total. The normalized spacial score (nSPS) is 12.8. The van der Waals surface area contributed by atoms with Crippen molar-refractivity contribution in [3.63, 3.8) is 0 Å². The summed E-state index contributed by atoms with van der Waals surface area (Å²) in [4.78, 5) is 23.0. The number of carbonyl (C=O) groups is 2. The van der Waals surface area contributed by atoms with E-state index >= 15 is 0 Å². The lowest BCUT2D eigenvalue weighted by Crippen LogP contribution is -2.22. The number of allylic oxidation sites excluding steroid dienone is 4. The fraction of sp³-hybridized carbons (Fsp3) is 0.231.